The third-order valence-corrected chi connectivity index (χ3v) is 12.5. The predicted molar refractivity (Wildman–Crippen MR) is 283 cm³/mol. The summed E-state index contributed by atoms with van der Waals surface area (Å²) in [4.78, 5) is 85.7. The summed E-state index contributed by atoms with van der Waals surface area (Å²) in [6.45, 7) is 2.99. The Morgan fingerprint density at radius 3 is 1.07 bits per heavy atom. The largest absolute Gasteiger partial charge is 0.524 e. The quantitative estimate of drug-likeness (QED) is 0.0318. The van der Waals surface area contributed by atoms with Crippen molar-refractivity contribution in [3.05, 3.63) is 120 Å². The molecule has 0 aliphatic carbocycles. The van der Waals surface area contributed by atoms with Gasteiger partial charge in [-0.3, -0.25) is 39.1 Å². The van der Waals surface area contributed by atoms with E-state index in [4.69, 9.17) is 58.5 Å². The van der Waals surface area contributed by atoms with Gasteiger partial charge in [-0.15, -0.1) is 0 Å². The van der Waals surface area contributed by atoms with Crippen molar-refractivity contribution in [3.63, 3.8) is 0 Å². The Morgan fingerprint density at radius 2 is 0.797 bits per heavy atom. The normalized spacial score (nSPS) is 12.3. The third-order valence-electron chi connectivity index (χ3n) is 10.8. The molecule has 0 amide bonds. The molecule has 4 heterocycles. The van der Waals surface area contributed by atoms with Crippen molar-refractivity contribution in [1.29, 1.82) is 0 Å². The molecule has 404 valence electrons. The maximum atomic E-state index is 11.1. The van der Waals surface area contributed by atoms with Crippen molar-refractivity contribution in [2.45, 2.75) is 25.7 Å². The lowest BCUT2D eigenvalue weighted by Crippen LogP contribution is -2.36. The molecule has 74 heavy (non-hydrogen) atoms. The van der Waals surface area contributed by atoms with Crippen LogP contribution in [0.4, 0.5) is 0 Å². The van der Waals surface area contributed by atoms with Crippen LogP contribution in [0.5, 0.6) is 23.0 Å². The summed E-state index contributed by atoms with van der Waals surface area (Å²) in [6, 6.07) is 20.3. The van der Waals surface area contributed by atoms with Gasteiger partial charge in [0.25, 0.3) is 0 Å². The number of rotatable bonds is 19. The Bertz CT molecular complexity index is 3310. The van der Waals surface area contributed by atoms with Crippen molar-refractivity contribution in [2.75, 3.05) is 68.5 Å². The summed E-state index contributed by atoms with van der Waals surface area (Å²) < 4.78 is 63.6. The van der Waals surface area contributed by atoms with Gasteiger partial charge in [0.2, 0.25) is 0 Å². The molecule has 8 rings (SSSR count). The highest BCUT2D eigenvalue weighted by Gasteiger charge is 2.23. The van der Waals surface area contributed by atoms with Crippen LogP contribution in [-0.4, -0.2) is 137 Å². The van der Waals surface area contributed by atoms with Crippen LogP contribution in [-0.2, 0) is 43.9 Å². The molecule has 0 aliphatic heterocycles. The molecule has 0 spiro atoms. The minimum Gasteiger partial charge on any atom is -0.404 e. The van der Waals surface area contributed by atoms with E-state index in [0.717, 1.165) is 104 Å². The van der Waals surface area contributed by atoms with Crippen LogP contribution in [0.25, 0.3) is 43.6 Å². The number of benzene rings is 4. The number of aromatic nitrogens is 4. The third kappa shape index (κ3) is 18.5. The van der Waals surface area contributed by atoms with E-state index in [1.807, 2.05) is 68.9 Å². The number of nitrogens with two attached hydrogens (primary N) is 1. The maximum Gasteiger partial charge on any atom is 0.524 e. The highest BCUT2D eigenvalue weighted by molar-refractivity contribution is 7.47. The molecule has 4 aromatic heterocycles. The van der Waals surface area contributed by atoms with Gasteiger partial charge in [0.1, 0.15) is 23.0 Å². The zero-order chi connectivity index (χ0) is 54.6. The van der Waals surface area contributed by atoms with E-state index in [1.54, 1.807) is 48.7 Å². The van der Waals surface area contributed by atoms with E-state index in [9.17, 15) is 18.3 Å². The summed E-state index contributed by atoms with van der Waals surface area (Å²) in [5, 5.41) is 5.89. The fourth-order valence-electron chi connectivity index (χ4n) is 7.70. The van der Waals surface area contributed by atoms with E-state index in [-0.39, 0.29) is 23.0 Å². The Morgan fingerprint density at radius 1 is 0.500 bits per heavy atom. The molecule has 0 fully saturated rings. The lowest BCUT2D eigenvalue weighted by atomic mass is 10.1. The molecule has 0 unspecified atom stereocenters. The minimum absolute atomic E-state index is 0.167. The molecule has 0 saturated heterocycles. The van der Waals surface area contributed by atoms with Gasteiger partial charge in [0.05, 0.1) is 27.7 Å². The summed E-state index contributed by atoms with van der Waals surface area (Å²) in [5.74, 6) is 0.794. The van der Waals surface area contributed by atoms with E-state index >= 15 is 0 Å². The number of hydrogen-bond donors (Lipinski definition) is 14. The molecule has 0 aliphatic rings. The molecule has 0 saturated carbocycles. The Hall–Kier alpha value is -5.32. The Kier molecular flexibility index (Phi) is 20.5. The zero-order valence-corrected chi connectivity index (χ0v) is 45.1. The molecule has 15 N–H and O–H groups in total. The van der Waals surface area contributed by atoms with Crippen molar-refractivity contribution >= 4 is 74.9 Å². The summed E-state index contributed by atoms with van der Waals surface area (Å²) >= 11 is 0. The second kappa shape index (κ2) is 25.5. The smallest absolute Gasteiger partial charge is 0.404 e. The standard InChI is InChI=1S/C13H19N2O4P.C12H17N2O4P.C11H15N2O4P.C10H13N2O4P/c1-15(2,3)8-7-10-9-14-11-5-4-6-12(13(10)11)19-20(16,17)18;1-14(2)7-6-9-8-13-10-4-3-5-11(12(9)10)18-19(15,16)17;1-12-6-5-8-7-13-9-3-2-4-10(11(8)9)17-18(14,15)16;11-5-4-7-6-12-8-2-1-3-9(10(7)8)16-17(13,14)15/h4-6,9,14H,7-8H2,1-3H3,(H-,16,17,18);3-5,8,13H,6-7H2,1-2H3,(H2,15,16,17);2-4,7,12-13H,5-6H2,1H3,(H2,14,15,16);1-3,6,12H,4-5,11H2,(H2,13,14,15)/p+1. The van der Waals surface area contributed by atoms with Gasteiger partial charge >= 0.3 is 31.3 Å². The van der Waals surface area contributed by atoms with Crippen molar-refractivity contribution in [2.24, 2.45) is 5.73 Å². The van der Waals surface area contributed by atoms with Gasteiger partial charge in [-0.25, -0.2) is 18.3 Å². The average Bonchev–Trinajstić information content (AvgIpc) is 4.09. The molecule has 8 aromatic rings. The van der Waals surface area contributed by atoms with Crippen molar-refractivity contribution < 1.29 is 80.0 Å². The van der Waals surface area contributed by atoms with E-state index in [2.05, 4.69) is 50.9 Å². The number of likely N-dealkylation sites (N-methyl/N-ethyl adjacent to an activating group) is 3. The van der Waals surface area contributed by atoms with E-state index < -0.39 is 31.3 Å². The second-order valence-corrected chi connectivity index (χ2v) is 22.7. The Labute approximate surface area is 426 Å². The number of H-pyrrole nitrogens is 4. The highest BCUT2D eigenvalue weighted by atomic mass is 31.2. The summed E-state index contributed by atoms with van der Waals surface area (Å²) in [7, 11) is -6.11. The minimum atomic E-state index is -4.56. The van der Waals surface area contributed by atoms with Gasteiger partial charge in [-0.1, -0.05) is 24.3 Å². The summed E-state index contributed by atoms with van der Waals surface area (Å²) in [5.41, 5.74) is 12.5. The predicted octanol–water partition coefficient (Wildman–Crippen LogP) is 6.17. The molecular weight excluding hydrogens is 1040 g/mol. The highest BCUT2D eigenvalue weighted by Crippen LogP contribution is 2.45. The van der Waals surface area contributed by atoms with Crippen LogP contribution in [0.3, 0.4) is 0 Å². The fraction of sp³-hybridized carbons (Fsp3) is 0.304. The number of fused-ring (bicyclic) bond motifs is 4. The Balaban J connectivity index is 0.000000183. The van der Waals surface area contributed by atoms with E-state index in [1.165, 1.54) is 6.07 Å². The molecular formula is C46H65N8O16P4+. The number of phosphoric acid groups is 4. The molecule has 0 bridgehead atoms. The van der Waals surface area contributed by atoms with Gasteiger partial charge in [-0.05, 0) is 124 Å². The van der Waals surface area contributed by atoms with Gasteiger partial charge in [-0.2, -0.15) is 0 Å². The van der Waals surface area contributed by atoms with Gasteiger partial charge < -0.3 is 58.5 Å². The van der Waals surface area contributed by atoms with Crippen molar-refractivity contribution in [1.82, 2.24) is 30.2 Å². The number of quaternary nitrogens is 1. The topological polar surface area (TPSA) is 371 Å². The molecule has 28 heteroatoms. The van der Waals surface area contributed by atoms with Crippen LogP contribution in [0.15, 0.2) is 97.6 Å². The number of nitrogens with one attached hydrogen (secondary N) is 5. The monoisotopic (exact) mass is 1110 g/mol. The van der Waals surface area contributed by atoms with Crippen LogP contribution in [0.1, 0.15) is 22.3 Å². The van der Waals surface area contributed by atoms with E-state index in [0.29, 0.717) is 18.4 Å². The zero-order valence-electron chi connectivity index (χ0n) is 41.5. The van der Waals surface area contributed by atoms with Crippen LogP contribution >= 0.6 is 31.3 Å². The molecule has 0 radical (unpaired) electrons. The van der Waals surface area contributed by atoms with Gasteiger partial charge in [0, 0.05) is 81.4 Å². The lowest BCUT2D eigenvalue weighted by molar-refractivity contribution is -0.870. The second-order valence-electron chi connectivity index (χ2n) is 18.0. The summed E-state index contributed by atoms with van der Waals surface area (Å²) in [6.07, 6.45) is 10.2. The molecule has 0 atom stereocenters. The first-order valence-corrected chi connectivity index (χ1v) is 28.8. The number of nitrogens with zero attached hydrogens (tertiary/aromatic N) is 2. The fourth-order valence-corrected chi connectivity index (χ4v) is 9.33. The first kappa shape index (κ1) is 59.6. The van der Waals surface area contributed by atoms with Crippen LogP contribution in [0, 0.1) is 0 Å². The number of phosphoric ester groups is 4. The average molecular weight is 1110 g/mol. The van der Waals surface area contributed by atoms with Gasteiger partial charge in [0.15, 0.2) is 0 Å². The number of aromatic amines is 4. The SMILES string of the molecule is CN(C)CCc1c[nH]c2cccc(OP(=O)(O)O)c12.CNCCc1c[nH]c2cccc(OP(=O)(O)O)c12.C[N+](C)(C)CCc1c[nH]c2cccc(OP(=O)(O)O)c12.NCCc1c[nH]c2cccc(OP(=O)(O)O)c12. The number of hydrogen-bond acceptors (Lipinski definition) is 11. The first-order chi connectivity index (χ1) is 34.5. The lowest BCUT2D eigenvalue weighted by Gasteiger charge is -2.23. The maximum absolute atomic E-state index is 11.1. The van der Waals surface area contributed by atoms with Crippen LogP contribution in [0.2, 0.25) is 0 Å². The van der Waals surface area contributed by atoms with Crippen molar-refractivity contribution in [3.8, 4) is 23.0 Å². The molecule has 24 nitrogen and oxygen atoms in total. The van der Waals surface area contributed by atoms with Crippen LogP contribution < -0.4 is 29.1 Å². The molecule has 4 aromatic carbocycles. The first-order valence-electron chi connectivity index (χ1n) is 22.7.